The van der Waals surface area contributed by atoms with Crippen molar-refractivity contribution < 1.29 is 9.15 Å². The van der Waals surface area contributed by atoms with Crippen LogP contribution in [-0.2, 0) is 0 Å². The van der Waals surface area contributed by atoms with Crippen molar-refractivity contribution >= 4 is 23.2 Å². The maximum absolute atomic E-state index is 5.86. The minimum Gasteiger partial charge on any atom is -0.437 e. The molecule has 0 saturated carbocycles. The third kappa shape index (κ3) is 2.00. The Bertz CT molecular complexity index is 428. The highest BCUT2D eigenvalue weighted by atomic mass is 35.5. The molecule has 0 bridgehead atoms. The van der Waals surface area contributed by atoms with Crippen LogP contribution in [0.5, 0.6) is 11.6 Å². The zero-order chi connectivity index (χ0) is 9.97. The summed E-state index contributed by atoms with van der Waals surface area (Å²) in [6, 6.07) is 4.91. The van der Waals surface area contributed by atoms with Crippen molar-refractivity contribution in [2.75, 3.05) is 0 Å². The monoisotopic (exact) mass is 228 g/mol. The number of halogens is 2. The minimum absolute atomic E-state index is 0.286. The average Bonchev–Trinajstić information content (AvgIpc) is 2.64. The van der Waals surface area contributed by atoms with Crippen LogP contribution in [0.4, 0.5) is 0 Å². The molecule has 1 heterocycles. The zero-order valence-corrected chi connectivity index (χ0v) is 8.34. The van der Waals surface area contributed by atoms with E-state index in [1.54, 1.807) is 18.2 Å². The molecule has 3 nitrogen and oxygen atoms in total. The fourth-order valence-electron chi connectivity index (χ4n) is 0.889. The van der Waals surface area contributed by atoms with E-state index in [0.717, 1.165) is 0 Å². The van der Waals surface area contributed by atoms with E-state index in [4.69, 9.17) is 27.9 Å². The van der Waals surface area contributed by atoms with Crippen LogP contribution >= 0.6 is 23.2 Å². The Morgan fingerprint density at radius 3 is 2.93 bits per heavy atom. The first-order valence-electron chi connectivity index (χ1n) is 3.70. The van der Waals surface area contributed by atoms with Gasteiger partial charge in [0.15, 0.2) is 6.26 Å². The van der Waals surface area contributed by atoms with Crippen LogP contribution in [0, 0.1) is 6.39 Å². The van der Waals surface area contributed by atoms with Gasteiger partial charge in [0.25, 0.3) is 12.3 Å². The van der Waals surface area contributed by atoms with E-state index in [9.17, 15) is 0 Å². The number of aromatic nitrogens is 1. The van der Waals surface area contributed by atoms with Gasteiger partial charge in [-0.3, -0.25) is 0 Å². The van der Waals surface area contributed by atoms with Crippen molar-refractivity contribution in [2.45, 2.75) is 0 Å². The Morgan fingerprint density at radius 1 is 1.36 bits per heavy atom. The quantitative estimate of drug-likeness (QED) is 0.789. The molecular weight excluding hydrogens is 225 g/mol. The van der Waals surface area contributed by atoms with E-state index in [2.05, 4.69) is 15.8 Å². The molecule has 0 atom stereocenters. The average molecular weight is 229 g/mol. The van der Waals surface area contributed by atoms with Gasteiger partial charge in [0.1, 0.15) is 5.75 Å². The van der Waals surface area contributed by atoms with Gasteiger partial charge in [-0.1, -0.05) is 23.2 Å². The van der Waals surface area contributed by atoms with Crippen molar-refractivity contribution in [1.82, 2.24) is 4.98 Å². The van der Waals surface area contributed by atoms with E-state index >= 15 is 0 Å². The van der Waals surface area contributed by atoms with Crippen LogP contribution in [0.25, 0.3) is 0 Å². The first-order valence-corrected chi connectivity index (χ1v) is 4.46. The van der Waals surface area contributed by atoms with Gasteiger partial charge in [-0.2, -0.15) is 4.98 Å². The number of rotatable bonds is 2. The molecule has 5 heteroatoms. The normalized spacial score (nSPS) is 10.1. The predicted octanol–water partition coefficient (Wildman–Crippen LogP) is 3.57. The van der Waals surface area contributed by atoms with Crippen LogP contribution in [0.1, 0.15) is 0 Å². The molecule has 0 unspecified atom stereocenters. The SMILES string of the molecule is Clc1ccc(Cl)c(Oc2co[c]n2)c1. The second-order valence-corrected chi connectivity index (χ2v) is 3.30. The van der Waals surface area contributed by atoms with Gasteiger partial charge in [0.05, 0.1) is 5.02 Å². The Kier molecular flexibility index (Phi) is 2.61. The summed E-state index contributed by atoms with van der Waals surface area (Å²) in [7, 11) is 0. The molecule has 2 aromatic rings. The molecule has 0 aliphatic heterocycles. The molecule has 2 rings (SSSR count). The van der Waals surface area contributed by atoms with Gasteiger partial charge < -0.3 is 9.15 Å². The summed E-state index contributed by atoms with van der Waals surface area (Å²) in [4.78, 5) is 3.67. The first-order chi connectivity index (χ1) is 6.75. The van der Waals surface area contributed by atoms with E-state index in [1.165, 1.54) is 6.26 Å². The van der Waals surface area contributed by atoms with Gasteiger partial charge in [-0.15, -0.1) is 0 Å². The number of hydrogen-bond donors (Lipinski definition) is 0. The largest absolute Gasteiger partial charge is 0.437 e. The van der Waals surface area contributed by atoms with Gasteiger partial charge >= 0.3 is 0 Å². The van der Waals surface area contributed by atoms with Crippen molar-refractivity contribution in [1.29, 1.82) is 0 Å². The van der Waals surface area contributed by atoms with E-state index in [-0.39, 0.29) is 5.88 Å². The third-order valence-corrected chi connectivity index (χ3v) is 2.02. The first kappa shape index (κ1) is 9.37. The maximum atomic E-state index is 5.86. The Hall–Kier alpha value is -1.19. The van der Waals surface area contributed by atoms with Crippen LogP contribution in [-0.4, -0.2) is 4.98 Å². The molecule has 0 aliphatic rings. The highest BCUT2D eigenvalue weighted by molar-refractivity contribution is 6.34. The van der Waals surface area contributed by atoms with Gasteiger partial charge in [0, 0.05) is 11.1 Å². The Labute approximate surface area is 90.2 Å². The fraction of sp³-hybridized carbons (Fsp3) is 0. The Balaban J connectivity index is 2.28. The number of nitrogens with zero attached hydrogens (tertiary/aromatic N) is 1. The minimum atomic E-state index is 0.286. The summed E-state index contributed by atoms with van der Waals surface area (Å²) in [5.74, 6) is 0.718. The highest BCUT2D eigenvalue weighted by Gasteiger charge is 2.05. The standard InChI is InChI=1S/C9H4Cl2NO2/c10-6-1-2-7(11)8(3-6)14-9-4-13-5-12-9/h1-4H. The van der Waals surface area contributed by atoms with Gasteiger partial charge in [0.2, 0.25) is 0 Å². The number of hydrogen-bond acceptors (Lipinski definition) is 3. The summed E-state index contributed by atoms with van der Waals surface area (Å²) < 4.78 is 9.90. The molecule has 0 amide bonds. The second kappa shape index (κ2) is 3.90. The molecule has 1 radical (unpaired) electrons. The number of benzene rings is 1. The number of ether oxygens (including phenoxy) is 1. The third-order valence-electron chi connectivity index (χ3n) is 1.48. The molecule has 0 spiro atoms. The van der Waals surface area contributed by atoms with E-state index in [1.807, 2.05) is 0 Å². The van der Waals surface area contributed by atoms with Gasteiger partial charge in [-0.05, 0) is 12.1 Å². The van der Waals surface area contributed by atoms with Crippen LogP contribution in [0.15, 0.2) is 28.9 Å². The topological polar surface area (TPSA) is 35.3 Å². The molecule has 1 aromatic carbocycles. The molecule has 0 aliphatic carbocycles. The summed E-state index contributed by atoms with van der Waals surface area (Å²) >= 11 is 11.6. The molecule has 71 valence electrons. The maximum Gasteiger partial charge on any atom is 0.287 e. The lowest BCUT2D eigenvalue weighted by atomic mass is 10.3. The van der Waals surface area contributed by atoms with Crippen molar-refractivity contribution in [3.8, 4) is 11.6 Å². The predicted molar refractivity (Wildman–Crippen MR) is 51.9 cm³/mol. The lowest BCUT2D eigenvalue weighted by Crippen LogP contribution is -1.84. The fourth-order valence-corrected chi connectivity index (χ4v) is 1.21. The smallest absolute Gasteiger partial charge is 0.287 e. The van der Waals surface area contributed by atoms with Crippen LogP contribution in [0.2, 0.25) is 10.0 Å². The molecule has 14 heavy (non-hydrogen) atoms. The van der Waals surface area contributed by atoms with Crippen molar-refractivity contribution in [3.05, 3.63) is 40.9 Å². The summed E-state index contributed by atoms with van der Waals surface area (Å²) in [6.45, 7) is 0. The van der Waals surface area contributed by atoms with E-state index in [0.29, 0.717) is 15.8 Å². The molecule has 0 saturated heterocycles. The molecule has 1 aromatic heterocycles. The Morgan fingerprint density at radius 2 is 2.21 bits per heavy atom. The van der Waals surface area contributed by atoms with Gasteiger partial charge in [-0.25, -0.2) is 0 Å². The lowest BCUT2D eigenvalue weighted by Gasteiger charge is -2.03. The van der Waals surface area contributed by atoms with Crippen molar-refractivity contribution in [3.63, 3.8) is 0 Å². The van der Waals surface area contributed by atoms with E-state index < -0.39 is 0 Å². The van der Waals surface area contributed by atoms with Crippen molar-refractivity contribution in [2.24, 2.45) is 0 Å². The molecule has 0 N–H and O–H groups in total. The highest BCUT2D eigenvalue weighted by Crippen LogP contribution is 2.30. The second-order valence-electron chi connectivity index (χ2n) is 2.45. The lowest BCUT2D eigenvalue weighted by molar-refractivity contribution is 0.457. The summed E-state index contributed by atoms with van der Waals surface area (Å²) in [5, 5.41) is 0.995. The van der Waals surface area contributed by atoms with Crippen LogP contribution in [0.3, 0.4) is 0 Å². The molecule has 0 fully saturated rings. The molecular formula is C9H4Cl2NO2. The van der Waals surface area contributed by atoms with Crippen LogP contribution < -0.4 is 4.74 Å². The summed E-state index contributed by atoms with van der Waals surface area (Å²) in [6.07, 6.45) is 3.57. The summed E-state index contributed by atoms with van der Waals surface area (Å²) in [5.41, 5.74) is 0. The zero-order valence-electron chi connectivity index (χ0n) is 6.83. The number of oxazole rings is 1.